The van der Waals surface area contributed by atoms with Crippen LogP contribution in [0.25, 0.3) is 0 Å². The van der Waals surface area contributed by atoms with Gasteiger partial charge in [0, 0.05) is 12.0 Å². The number of carbonyl (C=O) groups excluding carboxylic acids is 1. The van der Waals surface area contributed by atoms with Crippen LogP contribution in [-0.2, 0) is 9.13 Å². The third-order valence-corrected chi connectivity index (χ3v) is 8.62. The molecule has 158 valence electrons. The Hall–Kier alpha value is -0.580. The molecule has 0 spiro atoms. The maximum Gasteiger partial charge on any atom is 0.371 e. The van der Waals surface area contributed by atoms with Crippen molar-refractivity contribution >= 4 is 32.8 Å². The van der Waals surface area contributed by atoms with Crippen LogP contribution in [0.5, 0.6) is 0 Å². The Morgan fingerprint density at radius 3 is 2.07 bits per heavy atom. The zero-order valence-electron chi connectivity index (χ0n) is 14.5. The van der Waals surface area contributed by atoms with Crippen molar-refractivity contribution in [2.24, 2.45) is 0 Å². The van der Waals surface area contributed by atoms with Crippen LogP contribution in [0.1, 0.15) is 44.9 Å². The van der Waals surface area contributed by atoms with Crippen molar-refractivity contribution < 1.29 is 43.5 Å². The maximum atomic E-state index is 12.0. The molecule has 15 heteroatoms. The van der Waals surface area contributed by atoms with Gasteiger partial charge in [0.15, 0.2) is 0 Å². The largest absolute Gasteiger partial charge is 0.371 e. The topological polar surface area (TPSA) is 196 Å². The molecule has 12 nitrogen and oxygen atoms in total. The third-order valence-electron chi connectivity index (χ3n) is 4.58. The van der Waals surface area contributed by atoms with Crippen molar-refractivity contribution in [2.75, 3.05) is 12.4 Å². The number of alkyl halides is 1. The zero-order chi connectivity index (χ0) is 20.9. The summed E-state index contributed by atoms with van der Waals surface area (Å²) in [4.78, 5) is 60.7. The number of carbonyl (C=O) groups is 1. The molecule has 7 N–H and O–H groups in total. The Morgan fingerprint density at radius 1 is 1.11 bits per heavy atom. The molecule has 0 bridgehead atoms. The Morgan fingerprint density at radius 2 is 1.63 bits per heavy atom. The molecular weight excluding hydrogens is 428 g/mol. The smallest absolute Gasteiger partial charge is 0.368 e. The molecule has 1 aliphatic rings. The molecule has 27 heavy (non-hydrogen) atoms. The molecular formula is C12H25ClN3O9P2+. The number of hydrogen-bond acceptors (Lipinski definition) is 5. The minimum absolute atomic E-state index is 0.0213. The molecule has 0 atom stereocenters. The SMILES string of the molecule is O=C(N[N+](=O)CCCl)NC1(CCC(O)(P(=O)(O)O)P(=O)(O)O)CCCCC1. The summed E-state index contributed by atoms with van der Waals surface area (Å²) in [5.74, 6) is -0.0213. The van der Waals surface area contributed by atoms with E-state index in [1.54, 1.807) is 0 Å². The van der Waals surface area contributed by atoms with Gasteiger partial charge < -0.3 is 30.0 Å². The first-order valence-electron chi connectivity index (χ1n) is 8.19. The summed E-state index contributed by atoms with van der Waals surface area (Å²) in [5, 5.41) is 9.05. The van der Waals surface area contributed by atoms with Crippen molar-refractivity contribution in [3.05, 3.63) is 4.91 Å². The van der Waals surface area contributed by atoms with Crippen molar-refractivity contribution in [1.82, 2.24) is 10.7 Å². The van der Waals surface area contributed by atoms with E-state index in [1.165, 1.54) is 0 Å². The third kappa shape index (κ3) is 6.47. The van der Waals surface area contributed by atoms with Gasteiger partial charge >= 0.3 is 21.2 Å². The summed E-state index contributed by atoms with van der Waals surface area (Å²) in [6.45, 7) is -0.169. The predicted molar refractivity (Wildman–Crippen MR) is 95.0 cm³/mol. The van der Waals surface area contributed by atoms with Crippen LogP contribution < -0.4 is 10.7 Å². The van der Waals surface area contributed by atoms with Gasteiger partial charge in [-0.25, -0.2) is 4.79 Å². The van der Waals surface area contributed by atoms with Crippen LogP contribution in [0.15, 0.2) is 0 Å². The van der Waals surface area contributed by atoms with Gasteiger partial charge in [-0.2, -0.15) is 0 Å². The van der Waals surface area contributed by atoms with Crippen LogP contribution in [0.3, 0.4) is 0 Å². The second kappa shape index (κ2) is 9.28. The summed E-state index contributed by atoms with van der Waals surface area (Å²) in [6.07, 6.45) is 1.60. The summed E-state index contributed by atoms with van der Waals surface area (Å²) < 4.78 is 23.0. The van der Waals surface area contributed by atoms with E-state index in [0.717, 1.165) is 6.42 Å². The van der Waals surface area contributed by atoms with E-state index < -0.39 is 38.3 Å². The number of hydrazine groups is 1. The molecule has 0 saturated heterocycles. The lowest BCUT2D eigenvalue weighted by atomic mass is 9.78. The van der Waals surface area contributed by atoms with Gasteiger partial charge in [-0.15, -0.1) is 11.6 Å². The molecule has 0 aliphatic heterocycles. The second-order valence-electron chi connectivity index (χ2n) is 6.56. The molecule has 0 unspecified atom stereocenters. The number of halogens is 1. The molecule has 1 aliphatic carbocycles. The van der Waals surface area contributed by atoms with Crippen LogP contribution in [0, 0.1) is 4.91 Å². The minimum Gasteiger partial charge on any atom is -0.368 e. The van der Waals surface area contributed by atoms with Gasteiger partial charge in [0.05, 0.1) is 10.8 Å². The van der Waals surface area contributed by atoms with Crippen molar-refractivity contribution in [3.63, 3.8) is 0 Å². The molecule has 0 aromatic carbocycles. The molecule has 0 aromatic rings. The first-order valence-corrected chi connectivity index (χ1v) is 12.0. The van der Waals surface area contributed by atoms with Crippen molar-refractivity contribution in [1.29, 1.82) is 0 Å². The number of urea groups is 1. The fraction of sp³-hybridized carbons (Fsp3) is 0.917. The average Bonchev–Trinajstić information content (AvgIpc) is 2.51. The molecule has 2 amide bonds. The van der Waals surface area contributed by atoms with Gasteiger partial charge in [-0.05, 0) is 19.3 Å². The minimum atomic E-state index is -5.58. The first kappa shape index (κ1) is 24.5. The first-order chi connectivity index (χ1) is 12.3. The number of hydrogen-bond donors (Lipinski definition) is 7. The average molecular weight is 453 g/mol. The molecule has 0 aromatic heterocycles. The summed E-state index contributed by atoms with van der Waals surface area (Å²) in [6, 6.07) is -0.882. The maximum absolute atomic E-state index is 12.0. The Balaban J connectivity index is 2.97. The summed E-state index contributed by atoms with van der Waals surface area (Å²) in [7, 11) is -11.2. The molecule has 1 fully saturated rings. The van der Waals surface area contributed by atoms with Crippen LogP contribution in [0.4, 0.5) is 4.79 Å². The Labute approximate surface area is 160 Å². The van der Waals surface area contributed by atoms with E-state index in [4.69, 9.17) is 11.6 Å². The quantitative estimate of drug-likeness (QED) is 0.114. The van der Waals surface area contributed by atoms with Gasteiger partial charge in [-0.3, -0.25) is 9.13 Å². The van der Waals surface area contributed by atoms with E-state index in [9.17, 15) is 43.5 Å². The van der Waals surface area contributed by atoms with Gasteiger partial charge in [0.1, 0.15) is 4.87 Å². The normalized spacial score (nSPS) is 18.0. The fourth-order valence-corrected chi connectivity index (χ4v) is 5.37. The van der Waals surface area contributed by atoms with E-state index in [1.807, 2.05) is 5.43 Å². The number of amides is 2. The highest BCUT2D eigenvalue weighted by Gasteiger charge is 2.59. The standard InChI is InChI=1S/C12H24ClN3O9P2/c13-8-9-16(19)15-10(17)14-11(4-2-1-3-5-11)6-7-12(18,26(20,21)22)27(23,24)25/h18H,1-9H2,(H5-,14,15,17,19,20,21,22,23,24,25)/p+1. The number of rotatable bonds is 9. The highest BCUT2D eigenvalue weighted by Crippen LogP contribution is 2.69. The van der Waals surface area contributed by atoms with Crippen LogP contribution >= 0.6 is 26.8 Å². The lowest BCUT2D eigenvalue weighted by Gasteiger charge is -2.40. The fourth-order valence-electron chi connectivity index (χ4n) is 3.05. The number of nitroso groups, excluding NO2 is 1. The molecule has 0 heterocycles. The molecule has 1 rings (SSSR count). The molecule has 1 saturated carbocycles. The van der Waals surface area contributed by atoms with E-state index in [0.29, 0.717) is 25.7 Å². The summed E-state index contributed by atoms with van der Waals surface area (Å²) >= 11 is 5.40. The highest BCUT2D eigenvalue weighted by molar-refractivity contribution is 7.72. The monoisotopic (exact) mass is 452 g/mol. The van der Waals surface area contributed by atoms with Gasteiger partial charge in [-0.1, -0.05) is 24.7 Å². The summed E-state index contributed by atoms with van der Waals surface area (Å²) in [5.41, 5.74) is 0.903. The second-order valence-corrected chi connectivity index (χ2v) is 10.9. The molecule has 0 radical (unpaired) electrons. The Bertz CT molecular complexity index is 622. The van der Waals surface area contributed by atoms with Crippen molar-refractivity contribution in [3.8, 4) is 0 Å². The van der Waals surface area contributed by atoms with Crippen LogP contribution in [-0.4, -0.2) is 58.6 Å². The van der Waals surface area contributed by atoms with Gasteiger partial charge in [0.25, 0.3) is 5.08 Å². The Kier molecular flexibility index (Phi) is 8.40. The highest BCUT2D eigenvalue weighted by atomic mass is 35.5. The number of nitrogens with one attached hydrogen (secondary N) is 2. The van der Waals surface area contributed by atoms with E-state index in [-0.39, 0.29) is 23.7 Å². The zero-order valence-corrected chi connectivity index (χ0v) is 17.0. The van der Waals surface area contributed by atoms with Crippen LogP contribution in [0.2, 0.25) is 0 Å². The number of aliphatic hydroxyl groups is 1. The van der Waals surface area contributed by atoms with E-state index in [2.05, 4.69) is 5.32 Å². The van der Waals surface area contributed by atoms with Gasteiger partial charge in [0.2, 0.25) is 6.54 Å². The van der Waals surface area contributed by atoms with Crippen molar-refractivity contribution in [2.45, 2.75) is 55.6 Å². The lowest BCUT2D eigenvalue weighted by molar-refractivity contribution is -0.588. The number of nitrogens with zero attached hydrogens (tertiary/aromatic N) is 1. The lowest BCUT2D eigenvalue weighted by Crippen LogP contribution is -2.55. The van der Waals surface area contributed by atoms with E-state index >= 15 is 0 Å². The predicted octanol–water partition coefficient (Wildman–Crippen LogP) is 0.703.